The molecular formula is C12H9Br2N3O4S. The second-order valence-electron chi connectivity index (χ2n) is 4.21. The number of sulfonamides is 1. The number of nitro groups is 1. The van der Waals surface area contributed by atoms with E-state index in [0.717, 1.165) is 6.07 Å². The number of hydrogen-bond donors (Lipinski definition) is 2. The summed E-state index contributed by atoms with van der Waals surface area (Å²) in [7, 11) is -3.91. The summed E-state index contributed by atoms with van der Waals surface area (Å²) in [6, 6.07) is 8.36. The maximum absolute atomic E-state index is 12.4. The lowest BCUT2D eigenvalue weighted by molar-refractivity contribution is -0.383. The molecule has 22 heavy (non-hydrogen) atoms. The number of nitrogens with two attached hydrogens (primary N) is 1. The van der Waals surface area contributed by atoms with Gasteiger partial charge in [-0.1, -0.05) is 15.9 Å². The van der Waals surface area contributed by atoms with Gasteiger partial charge in [-0.05, 0) is 46.3 Å². The van der Waals surface area contributed by atoms with Gasteiger partial charge < -0.3 is 5.73 Å². The van der Waals surface area contributed by atoms with Crippen LogP contribution in [0.25, 0.3) is 0 Å². The van der Waals surface area contributed by atoms with Crippen LogP contribution in [-0.4, -0.2) is 13.3 Å². The third-order valence-electron chi connectivity index (χ3n) is 2.66. The van der Waals surface area contributed by atoms with E-state index in [-0.39, 0.29) is 22.0 Å². The number of halogens is 2. The number of hydrogen-bond acceptors (Lipinski definition) is 5. The molecule has 0 aliphatic heterocycles. The molecule has 0 fully saturated rings. The lowest BCUT2D eigenvalue weighted by Crippen LogP contribution is -2.14. The van der Waals surface area contributed by atoms with Crippen molar-refractivity contribution in [1.82, 2.24) is 0 Å². The molecule has 2 aromatic carbocycles. The van der Waals surface area contributed by atoms with E-state index in [1.165, 1.54) is 18.2 Å². The van der Waals surface area contributed by atoms with Crippen LogP contribution in [0.3, 0.4) is 0 Å². The Morgan fingerprint density at radius 3 is 2.45 bits per heavy atom. The van der Waals surface area contributed by atoms with Gasteiger partial charge >= 0.3 is 0 Å². The van der Waals surface area contributed by atoms with Crippen LogP contribution in [0.1, 0.15) is 0 Å². The number of anilines is 2. The van der Waals surface area contributed by atoms with Crippen LogP contribution in [0.15, 0.2) is 50.2 Å². The van der Waals surface area contributed by atoms with Crippen molar-refractivity contribution in [2.45, 2.75) is 4.90 Å². The van der Waals surface area contributed by atoms with E-state index in [1.807, 2.05) is 0 Å². The summed E-state index contributed by atoms with van der Waals surface area (Å²) >= 11 is 6.36. The van der Waals surface area contributed by atoms with Gasteiger partial charge in [-0.15, -0.1) is 0 Å². The van der Waals surface area contributed by atoms with Crippen LogP contribution < -0.4 is 10.5 Å². The van der Waals surface area contributed by atoms with E-state index in [0.29, 0.717) is 8.95 Å². The summed E-state index contributed by atoms with van der Waals surface area (Å²) in [6.45, 7) is 0. The fourth-order valence-electron chi connectivity index (χ4n) is 1.66. The number of nitrogens with zero attached hydrogens (tertiary/aromatic N) is 1. The molecule has 7 nitrogen and oxygen atoms in total. The van der Waals surface area contributed by atoms with E-state index in [2.05, 4.69) is 36.6 Å². The summed E-state index contributed by atoms with van der Waals surface area (Å²) in [5.74, 6) is 0. The first kappa shape index (κ1) is 16.7. The maximum Gasteiger partial charge on any atom is 0.294 e. The van der Waals surface area contributed by atoms with Gasteiger partial charge in [0, 0.05) is 15.0 Å². The van der Waals surface area contributed by atoms with Gasteiger partial charge in [0.2, 0.25) is 0 Å². The smallest absolute Gasteiger partial charge is 0.294 e. The van der Waals surface area contributed by atoms with E-state index in [1.54, 1.807) is 12.1 Å². The third kappa shape index (κ3) is 3.57. The summed E-state index contributed by atoms with van der Waals surface area (Å²) in [4.78, 5) is 10.2. The first-order chi connectivity index (χ1) is 10.2. The van der Waals surface area contributed by atoms with Crippen molar-refractivity contribution >= 4 is 58.9 Å². The molecule has 0 aromatic heterocycles. The van der Waals surface area contributed by atoms with Crippen LogP contribution in [0.2, 0.25) is 0 Å². The standard InChI is InChI=1S/C12H9Br2N3O4S/c13-7-1-3-9(14)12(5-7)22(20,21)16-8-2-4-10(15)11(6-8)17(18)19/h1-6,16H,15H2. The van der Waals surface area contributed by atoms with Gasteiger partial charge in [0.25, 0.3) is 15.7 Å². The van der Waals surface area contributed by atoms with Crippen LogP contribution in [0.5, 0.6) is 0 Å². The fourth-order valence-corrected chi connectivity index (χ4v) is 4.21. The van der Waals surface area contributed by atoms with E-state index < -0.39 is 14.9 Å². The fraction of sp³-hybridized carbons (Fsp3) is 0. The third-order valence-corrected chi connectivity index (χ3v) is 5.53. The molecule has 0 amide bonds. The highest BCUT2D eigenvalue weighted by atomic mass is 79.9. The van der Waals surface area contributed by atoms with Gasteiger partial charge in [-0.25, -0.2) is 8.42 Å². The molecule has 0 spiro atoms. The largest absolute Gasteiger partial charge is 0.393 e. The summed E-state index contributed by atoms with van der Waals surface area (Å²) in [5.41, 5.74) is 5.11. The van der Waals surface area contributed by atoms with Crippen molar-refractivity contribution in [1.29, 1.82) is 0 Å². The number of nitrogen functional groups attached to an aromatic ring is 1. The highest BCUT2D eigenvalue weighted by molar-refractivity contribution is 9.11. The van der Waals surface area contributed by atoms with Crippen molar-refractivity contribution in [3.63, 3.8) is 0 Å². The molecule has 0 saturated carbocycles. The second kappa shape index (κ2) is 6.23. The molecule has 2 aromatic rings. The summed E-state index contributed by atoms with van der Waals surface area (Å²) in [6.07, 6.45) is 0. The molecule has 0 saturated heterocycles. The quantitative estimate of drug-likeness (QED) is 0.420. The van der Waals surface area contributed by atoms with Gasteiger partial charge in [-0.3, -0.25) is 14.8 Å². The predicted molar refractivity (Wildman–Crippen MR) is 90.2 cm³/mol. The highest BCUT2D eigenvalue weighted by Crippen LogP contribution is 2.30. The lowest BCUT2D eigenvalue weighted by atomic mass is 10.2. The number of rotatable bonds is 4. The zero-order chi connectivity index (χ0) is 16.5. The Morgan fingerprint density at radius 2 is 1.82 bits per heavy atom. The molecule has 0 radical (unpaired) electrons. The Balaban J connectivity index is 2.43. The summed E-state index contributed by atoms with van der Waals surface area (Å²) in [5, 5.41) is 10.8. The molecule has 10 heteroatoms. The number of nitro benzene ring substituents is 1. The summed E-state index contributed by atoms with van der Waals surface area (Å²) < 4.78 is 28.0. The Labute approximate surface area is 143 Å². The van der Waals surface area contributed by atoms with E-state index in [9.17, 15) is 18.5 Å². The van der Waals surface area contributed by atoms with Gasteiger partial charge in [0.15, 0.2) is 0 Å². The van der Waals surface area contributed by atoms with E-state index in [4.69, 9.17) is 5.73 Å². The van der Waals surface area contributed by atoms with Gasteiger partial charge in [0.1, 0.15) is 10.6 Å². The van der Waals surface area contributed by atoms with Crippen LogP contribution in [-0.2, 0) is 10.0 Å². The minimum absolute atomic E-state index is 0.00125. The Kier molecular flexibility index (Phi) is 4.73. The Morgan fingerprint density at radius 1 is 1.14 bits per heavy atom. The Bertz CT molecular complexity index is 855. The first-order valence-electron chi connectivity index (χ1n) is 5.72. The normalized spacial score (nSPS) is 11.2. The van der Waals surface area contributed by atoms with E-state index >= 15 is 0 Å². The zero-order valence-corrected chi connectivity index (χ0v) is 14.8. The van der Waals surface area contributed by atoms with Gasteiger partial charge in [-0.2, -0.15) is 0 Å². The van der Waals surface area contributed by atoms with Crippen LogP contribution >= 0.6 is 31.9 Å². The van der Waals surface area contributed by atoms with Crippen molar-refractivity contribution in [2.75, 3.05) is 10.5 Å². The zero-order valence-electron chi connectivity index (χ0n) is 10.8. The molecule has 0 bridgehead atoms. The van der Waals surface area contributed by atoms with Crippen molar-refractivity contribution in [3.8, 4) is 0 Å². The molecule has 116 valence electrons. The first-order valence-corrected chi connectivity index (χ1v) is 8.79. The van der Waals surface area contributed by atoms with Crippen molar-refractivity contribution in [3.05, 3.63) is 55.5 Å². The molecule has 3 N–H and O–H groups in total. The predicted octanol–water partition coefficient (Wildman–Crippen LogP) is 3.50. The highest BCUT2D eigenvalue weighted by Gasteiger charge is 2.20. The van der Waals surface area contributed by atoms with Crippen molar-refractivity contribution < 1.29 is 13.3 Å². The number of nitrogens with one attached hydrogen (secondary N) is 1. The molecule has 0 heterocycles. The number of benzene rings is 2. The van der Waals surface area contributed by atoms with Crippen LogP contribution in [0.4, 0.5) is 17.1 Å². The maximum atomic E-state index is 12.4. The minimum Gasteiger partial charge on any atom is -0.393 e. The van der Waals surface area contributed by atoms with Gasteiger partial charge in [0.05, 0.1) is 10.6 Å². The molecule has 0 atom stereocenters. The second-order valence-corrected chi connectivity index (χ2v) is 7.63. The molecule has 0 aliphatic carbocycles. The SMILES string of the molecule is Nc1ccc(NS(=O)(=O)c2cc(Br)ccc2Br)cc1[N+](=O)[O-]. The molecular weight excluding hydrogens is 442 g/mol. The van der Waals surface area contributed by atoms with Crippen LogP contribution in [0, 0.1) is 10.1 Å². The monoisotopic (exact) mass is 449 g/mol. The molecule has 0 unspecified atom stereocenters. The van der Waals surface area contributed by atoms with Crippen molar-refractivity contribution in [2.24, 2.45) is 0 Å². The Hall–Kier alpha value is -1.65. The lowest BCUT2D eigenvalue weighted by Gasteiger charge is -2.10. The topological polar surface area (TPSA) is 115 Å². The average Bonchev–Trinajstić information content (AvgIpc) is 2.43. The average molecular weight is 451 g/mol. The molecule has 0 aliphatic rings. The minimum atomic E-state index is -3.91. The molecule has 2 rings (SSSR count).